The van der Waals surface area contributed by atoms with Crippen LogP contribution in [0.25, 0.3) is 0 Å². The van der Waals surface area contributed by atoms with E-state index in [2.05, 4.69) is 15.6 Å². The second-order valence-corrected chi connectivity index (χ2v) is 9.66. The lowest BCUT2D eigenvalue weighted by molar-refractivity contribution is 0.285. The lowest BCUT2D eigenvalue weighted by atomic mass is 10.1. The lowest BCUT2D eigenvalue weighted by Crippen LogP contribution is -2.39. The highest BCUT2D eigenvalue weighted by Crippen LogP contribution is 2.30. The highest BCUT2D eigenvalue weighted by atomic mass is 127. The van der Waals surface area contributed by atoms with E-state index in [4.69, 9.17) is 4.74 Å². The van der Waals surface area contributed by atoms with E-state index in [0.717, 1.165) is 18.4 Å². The largest absolute Gasteiger partial charge is 0.490 e. The molecule has 1 aromatic carbocycles. The average molecular weight is 571 g/mol. The van der Waals surface area contributed by atoms with Gasteiger partial charge in [0.05, 0.1) is 18.9 Å². The summed E-state index contributed by atoms with van der Waals surface area (Å²) in [5.74, 6) is 1.13. The summed E-state index contributed by atoms with van der Waals surface area (Å²) in [5, 5.41) is 6.44. The Bertz CT molecular complexity index is 819. The molecule has 0 bridgehead atoms. The maximum atomic E-state index is 14.4. The van der Waals surface area contributed by atoms with Crippen molar-refractivity contribution >= 4 is 40.0 Å². The van der Waals surface area contributed by atoms with Crippen LogP contribution in [0.4, 0.5) is 4.39 Å². The van der Waals surface area contributed by atoms with Crippen molar-refractivity contribution < 1.29 is 17.5 Å². The molecular weight excluding hydrogens is 534 g/mol. The fourth-order valence-corrected chi connectivity index (χ4v) is 3.93. The summed E-state index contributed by atoms with van der Waals surface area (Å²) in [7, 11) is -3.19. The fourth-order valence-electron chi connectivity index (χ4n) is 3.00. The summed E-state index contributed by atoms with van der Waals surface area (Å²) in [5.41, 5.74) is 0.797. The van der Waals surface area contributed by atoms with E-state index in [1.54, 1.807) is 6.07 Å². The molecule has 0 aliphatic heterocycles. The van der Waals surface area contributed by atoms with Crippen LogP contribution < -0.4 is 15.4 Å². The molecule has 31 heavy (non-hydrogen) atoms. The van der Waals surface area contributed by atoms with Crippen molar-refractivity contribution in [2.24, 2.45) is 10.9 Å². The number of sulfonamides is 1. The number of nitrogens with one attached hydrogen (secondary N) is 2. The fraction of sp³-hybridized carbons (Fsp3) is 0.667. The van der Waals surface area contributed by atoms with Crippen LogP contribution in [0, 0.1) is 11.7 Å². The second kappa shape index (κ2) is 13.4. The molecule has 10 heteroatoms. The summed E-state index contributed by atoms with van der Waals surface area (Å²) in [6, 6.07) is 4.88. The molecule has 1 aliphatic carbocycles. The van der Waals surface area contributed by atoms with Crippen molar-refractivity contribution in [1.82, 2.24) is 14.9 Å². The normalized spacial score (nSPS) is 15.4. The highest BCUT2D eigenvalue weighted by molar-refractivity contribution is 14.0. The molecule has 1 atom stereocenters. The van der Waals surface area contributed by atoms with Gasteiger partial charge in [0.1, 0.15) is 0 Å². The van der Waals surface area contributed by atoms with Crippen molar-refractivity contribution in [3.05, 3.63) is 29.6 Å². The molecule has 178 valence electrons. The van der Waals surface area contributed by atoms with Gasteiger partial charge >= 0.3 is 0 Å². The molecule has 0 radical (unpaired) electrons. The van der Waals surface area contributed by atoms with Crippen LogP contribution in [0.15, 0.2) is 23.2 Å². The van der Waals surface area contributed by atoms with Gasteiger partial charge in [0.15, 0.2) is 17.5 Å². The number of ether oxygens (including phenoxy) is 1. The van der Waals surface area contributed by atoms with E-state index in [9.17, 15) is 12.8 Å². The Morgan fingerprint density at radius 1 is 1.35 bits per heavy atom. The number of benzene rings is 1. The molecule has 0 saturated heterocycles. The number of nitrogens with zero attached hydrogens (tertiary/aromatic N) is 2. The molecule has 2 N–H and O–H groups in total. The Labute approximate surface area is 203 Å². The molecule has 1 aliphatic rings. The van der Waals surface area contributed by atoms with Gasteiger partial charge in [-0.1, -0.05) is 13.0 Å². The molecule has 0 aromatic heterocycles. The zero-order chi connectivity index (χ0) is 22.1. The van der Waals surface area contributed by atoms with Gasteiger partial charge in [0, 0.05) is 26.2 Å². The summed E-state index contributed by atoms with van der Waals surface area (Å²) in [6.45, 7) is 8.35. The van der Waals surface area contributed by atoms with Crippen molar-refractivity contribution in [2.75, 3.05) is 39.0 Å². The second-order valence-electron chi connectivity index (χ2n) is 7.68. The van der Waals surface area contributed by atoms with Gasteiger partial charge in [-0.05, 0) is 56.7 Å². The van der Waals surface area contributed by atoms with Gasteiger partial charge in [-0.25, -0.2) is 17.1 Å². The van der Waals surface area contributed by atoms with Crippen molar-refractivity contribution in [2.45, 2.75) is 46.1 Å². The van der Waals surface area contributed by atoms with Gasteiger partial charge in [0.25, 0.3) is 0 Å². The third kappa shape index (κ3) is 9.90. The minimum Gasteiger partial charge on any atom is -0.490 e. The Morgan fingerprint density at radius 2 is 2.06 bits per heavy atom. The first-order chi connectivity index (χ1) is 14.2. The minimum absolute atomic E-state index is 0. The molecule has 1 saturated carbocycles. The zero-order valence-electron chi connectivity index (χ0n) is 18.9. The first kappa shape index (κ1) is 27.9. The van der Waals surface area contributed by atoms with Gasteiger partial charge < -0.3 is 15.4 Å². The SMILES string of the molecule is CCNC(=NCCCN(CC)S(C)(=O)=O)NC(C)c1ccc(OCC2CC2)c(F)c1.I. The van der Waals surface area contributed by atoms with Crippen LogP contribution in [0.1, 0.15) is 51.6 Å². The third-order valence-corrected chi connectivity index (χ3v) is 6.36. The molecule has 1 fully saturated rings. The number of halogens is 2. The van der Waals surface area contributed by atoms with Crippen molar-refractivity contribution in [3.8, 4) is 5.75 Å². The zero-order valence-corrected chi connectivity index (χ0v) is 22.0. The predicted molar refractivity (Wildman–Crippen MR) is 134 cm³/mol. The monoisotopic (exact) mass is 570 g/mol. The van der Waals surface area contributed by atoms with Gasteiger partial charge in [-0.15, -0.1) is 24.0 Å². The molecule has 2 rings (SSSR count). The molecule has 0 spiro atoms. The summed E-state index contributed by atoms with van der Waals surface area (Å²) < 4.78 is 44.7. The quantitative estimate of drug-likeness (QED) is 0.174. The Hall–Kier alpha value is -1.14. The Morgan fingerprint density at radius 3 is 2.61 bits per heavy atom. The smallest absolute Gasteiger partial charge is 0.211 e. The van der Waals surface area contributed by atoms with Gasteiger partial charge in [-0.3, -0.25) is 4.99 Å². The molecular formula is C21H36FIN4O3S. The maximum Gasteiger partial charge on any atom is 0.211 e. The van der Waals surface area contributed by atoms with E-state index in [1.807, 2.05) is 26.8 Å². The minimum atomic E-state index is -3.19. The third-order valence-electron chi connectivity index (χ3n) is 4.98. The standard InChI is InChI=1S/C21H35FN4O3S.HI/c1-5-23-21(24-12-7-13-26(6-2)30(4,27)28)25-16(3)18-10-11-20(19(22)14-18)29-15-17-8-9-17;/h10-11,14,16-17H,5-9,12-13,15H2,1-4H3,(H2,23,24,25);1H. The Balaban J connectivity index is 0.00000480. The molecule has 7 nitrogen and oxygen atoms in total. The summed E-state index contributed by atoms with van der Waals surface area (Å²) in [4.78, 5) is 4.52. The summed E-state index contributed by atoms with van der Waals surface area (Å²) >= 11 is 0. The van der Waals surface area contributed by atoms with E-state index in [0.29, 0.717) is 56.8 Å². The van der Waals surface area contributed by atoms with E-state index in [-0.39, 0.29) is 35.8 Å². The van der Waals surface area contributed by atoms with E-state index < -0.39 is 10.0 Å². The number of hydrogen-bond acceptors (Lipinski definition) is 4. The predicted octanol–water partition coefficient (Wildman–Crippen LogP) is 3.52. The number of rotatable bonds is 12. The number of guanidine groups is 1. The molecule has 0 amide bonds. The molecule has 1 aromatic rings. The van der Waals surface area contributed by atoms with Crippen LogP contribution in [-0.2, 0) is 10.0 Å². The van der Waals surface area contributed by atoms with Crippen LogP contribution in [0.5, 0.6) is 5.75 Å². The lowest BCUT2D eigenvalue weighted by Gasteiger charge is -2.19. The first-order valence-electron chi connectivity index (χ1n) is 10.7. The van der Waals surface area contributed by atoms with Gasteiger partial charge in [0.2, 0.25) is 10.0 Å². The van der Waals surface area contributed by atoms with Gasteiger partial charge in [-0.2, -0.15) is 0 Å². The van der Waals surface area contributed by atoms with Crippen LogP contribution in [0.3, 0.4) is 0 Å². The number of aliphatic imine (C=N–C) groups is 1. The topological polar surface area (TPSA) is 83.0 Å². The maximum absolute atomic E-state index is 14.4. The highest BCUT2D eigenvalue weighted by Gasteiger charge is 2.22. The van der Waals surface area contributed by atoms with E-state index >= 15 is 0 Å². The molecule has 0 heterocycles. The van der Waals surface area contributed by atoms with Crippen molar-refractivity contribution in [1.29, 1.82) is 0 Å². The first-order valence-corrected chi connectivity index (χ1v) is 12.5. The average Bonchev–Trinajstić information content (AvgIpc) is 3.50. The van der Waals surface area contributed by atoms with Crippen molar-refractivity contribution in [3.63, 3.8) is 0 Å². The van der Waals surface area contributed by atoms with E-state index in [1.165, 1.54) is 16.6 Å². The summed E-state index contributed by atoms with van der Waals surface area (Å²) in [6.07, 6.45) is 4.16. The Kier molecular flexibility index (Phi) is 12.1. The van der Waals surface area contributed by atoms with Crippen LogP contribution >= 0.6 is 24.0 Å². The van der Waals surface area contributed by atoms with Crippen LogP contribution in [0.2, 0.25) is 0 Å². The molecule has 1 unspecified atom stereocenters. The number of hydrogen-bond donors (Lipinski definition) is 2. The van der Waals surface area contributed by atoms with Crippen LogP contribution in [-0.4, -0.2) is 57.7 Å².